The molecule has 0 spiro atoms. The fraction of sp³-hybridized carbons (Fsp3) is 0.100. The lowest BCUT2D eigenvalue weighted by atomic mass is 10.4. The third-order valence-electron chi connectivity index (χ3n) is 2.13. The van der Waals surface area contributed by atoms with E-state index in [0.29, 0.717) is 10.8 Å². The van der Waals surface area contributed by atoms with Crippen molar-refractivity contribution in [1.82, 2.24) is 9.97 Å². The van der Waals surface area contributed by atoms with Gasteiger partial charge in [-0.05, 0) is 12.1 Å². The molecule has 0 fully saturated rings. The molecule has 2 aromatic rings. The summed E-state index contributed by atoms with van der Waals surface area (Å²) in [7, 11) is -3.35. The van der Waals surface area contributed by atoms with E-state index >= 15 is 0 Å². The van der Waals surface area contributed by atoms with Crippen molar-refractivity contribution in [2.75, 3.05) is 17.3 Å². The van der Waals surface area contributed by atoms with Gasteiger partial charge in [-0.2, -0.15) is 0 Å². The Morgan fingerprint density at radius 2 is 2.16 bits per heavy atom. The Morgan fingerprint density at radius 3 is 2.63 bits per heavy atom. The Kier molecular flexibility index (Phi) is 3.49. The van der Waals surface area contributed by atoms with Gasteiger partial charge < -0.3 is 11.1 Å². The van der Waals surface area contributed by atoms with Crippen LogP contribution in [0.15, 0.2) is 28.7 Å². The number of nitrogen functional groups attached to an aromatic ring is 1. The molecular formula is C10H10N4O3S2. The first-order valence-electron chi connectivity index (χ1n) is 5.05. The van der Waals surface area contributed by atoms with E-state index in [1.165, 1.54) is 23.7 Å². The number of sulfone groups is 1. The summed E-state index contributed by atoms with van der Waals surface area (Å²) in [6.07, 6.45) is 2.33. The molecule has 0 saturated carbocycles. The summed E-state index contributed by atoms with van der Waals surface area (Å²) in [4.78, 5) is 19.3. The normalized spacial score (nSPS) is 11.2. The van der Waals surface area contributed by atoms with Gasteiger partial charge in [0.05, 0.1) is 11.9 Å². The van der Waals surface area contributed by atoms with Gasteiger partial charge in [0.2, 0.25) is 0 Å². The number of thiazole rings is 1. The first kappa shape index (κ1) is 13.4. The number of carbonyl (C=O) groups excluding carboxylic acids is 1. The molecule has 2 heterocycles. The maximum Gasteiger partial charge on any atom is 0.275 e. The highest BCUT2D eigenvalue weighted by Crippen LogP contribution is 2.14. The molecule has 0 saturated heterocycles. The molecule has 0 radical (unpaired) electrons. The molecule has 0 aliphatic rings. The molecule has 0 unspecified atom stereocenters. The molecule has 7 nitrogen and oxygen atoms in total. The fourth-order valence-electron chi connectivity index (χ4n) is 1.26. The van der Waals surface area contributed by atoms with Crippen LogP contribution in [0.2, 0.25) is 0 Å². The number of carbonyl (C=O) groups is 1. The van der Waals surface area contributed by atoms with Gasteiger partial charge in [0.25, 0.3) is 5.91 Å². The second-order valence-corrected chi connectivity index (χ2v) is 6.53. The van der Waals surface area contributed by atoms with E-state index in [1.807, 2.05) is 0 Å². The van der Waals surface area contributed by atoms with Crippen LogP contribution in [-0.4, -0.2) is 30.5 Å². The summed E-state index contributed by atoms with van der Waals surface area (Å²) in [6.45, 7) is 0. The summed E-state index contributed by atoms with van der Waals surface area (Å²) >= 11 is 1.16. The predicted molar refractivity (Wildman–Crippen MR) is 71.8 cm³/mol. The molecule has 0 aliphatic carbocycles. The lowest BCUT2D eigenvalue weighted by Gasteiger charge is -2.03. The lowest BCUT2D eigenvalue weighted by Crippen LogP contribution is -2.13. The van der Waals surface area contributed by atoms with Crippen LogP contribution in [0.3, 0.4) is 0 Å². The van der Waals surface area contributed by atoms with Crippen LogP contribution in [-0.2, 0) is 9.84 Å². The van der Waals surface area contributed by atoms with Gasteiger partial charge in [-0.3, -0.25) is 4.79 Å². The van der Waals surface area contributed by atoms with Crippen molar-refractivity contribution in [3.63, 3.8) is 0 Å². The third kappa shape index (κ3) is 3.26. The molecule has 0 aromatic carbocycles. The lowest BCUT2D eigenvalue weighted by molar-refractivity contribution is 0.102. The molecule has 3 N–H and O–H groups in total. The van der Waals surface area contributed by atoms with Crippen LogP contribution in [0.1, 0.15) is 10.5 Å². The number of anilines is 2. The minimum atomic E-state index is -3.35. The summed E-state index contributed by atoms with van der Waals surface area (Å²) in [6, 6.07) is 2.78. The minimum absolute atomic E-state index is 0.0524. The number of pyridine rings is 1. The number of nitrogens with two attached hydrogens (primary N) is 1. The quantitative estimate of drug-likeness (QED) is 0.865. The predicted octanol–water partition coefficient (Wildman–Crippen LogP) is 0.776. The third-order valence-corrected chi connectivity index (χ3v) is 3.80. The zero-order chi connectivity index (χ0) is 14.0. The monoisotopic (exact) mass is 298 g/mol. The van der Waals surface area contributed by atoms with Crippen molar-refractivity contribution in [3.05, 3.63) is 29.4 Å². The second-order valence-electron chi connectivity index (χ2n) is 3.68. The van der Waals surface area contributed by atoms with Crippen LogP contribution in [0.25, 0.3) is 0 Å². The molecule has 0 atom stereocenters. The zero-order valence-electron chi connectivity index (χ0n) is 9.82. The number of amides is 1. The highest BCUT2D eigenvalue weighted by atomic mass is 32.2. The van der Waals surface area contributed by atoms with Crippen LogP contribution < -0.4 is 11.1 Å². The van der Waals surface area contributed by atoms with Crippen molar-refractivity contribution in [2.24, 2.45) is 0 Å². The molecule has 19 heavy (non-hydrogen) atoms. The molecule has 0 aliphatic heterocycles. The Bertz CT molecular complexity index is 707. The SMILES string of the molecule is CS(=O)(=O)c1ccc(NC(=O)c2csc(N)n2)cn1. The van der Waals surface area contributed by atoms with E-state index < -0.39 is 15.7 Å². The molecule has 1 amide bonds. The topological polar surface area (TPSA) is 115 Å². The summed E-state index contributed by atoms with van der Waals surface area (Å²) in [5.41, 5.74) is 6.01. The Hall–Kier alpha value is -2.00. The minimum Gasteiger partial charge on any atom is -0.375 e. The maximum absolute atomic E-state index is 11.7. The van der Waals surface area contributed by atoms with Gasteiger partial charge in [0, 0.05) is 11.6 Å². The highest BCUT2D eigenvalue weighted by Gasteiger charge is 2.12. The van der Waals surface area contributed by atoms with Gasteiger partial charge in [0.1, 0.15) is 5.69 Å². The van der Waals surface area contributed by atoms with Crippen LogP contribution in [0.5, 0.6) is 0 Å². The van der Waals surface area contributed by atoms with Crippen molar-refractivity contribution < 1.29 is 13.2 Å². The Morgan fingerprint density at radius 1 is 1.42 bits per heavy atom. The van der Waals surface area contributed by atoms with Crippen molar-refractivity contribution in [1.29, 1.82) is 0 Å². The number of nitrogens with one attached hydrogen (secondary N) is 1. The van der Waals surface area contributed by atoms with Crippen LogP contribution >= 0.6 is 11.3 Å². The van der Waals surface area contributed by atoms with E-state index in [2.05, 4.69) is 15.3 Å². The number of nitrogens with zero attached hydrogens (tertiary/aromatic N) is 2. The average molecular weight is 298 g/mol. The summed E-state index contributed by atoms with van der Waals surface area (Å²) in [5, 5.41) is 4.32. The molecular weight excluding hydrogens is 288 g/mol. The Labute approximate surface area is 113 Å². The van der Waals surface area contributed by atoms with E-state index in [1.54, 1.807) is 0 Å². The fourth-order valence-corrected chi connectivity index (χ4v) is 2.36. The van der Waals surface area contributed by atoms with E-state index in [4.69, 9.17) is 5.73 Å². The smallest absolute Gasteiger partial charge is 0.275 e. The van der Waals surface area contributed by atoms with Gasteiger partial charge in [-0.25, -0.2) is 18.4 Å². The first-order valence-corrected chi connectivity index (χ1v) is 7.82. The summed E-state index contributed by atoms with van der Waals surface area (Å²) < 4.78 is 22.4. The van der Waals surface area contributed by atoms with Crippen LogP contribution in [0.4, 0.5) is 10.8 Å². The number of rotatable bonds is 3. The van der Waals surface area contributed by atoms with Gasteiger partial charge in [-0.1, -0.05) is 0 Å². The number of hydrogen-bond donors (Lipinski definition) is 2. The largest absolute Gasteiger partial charge is 0.375 e. The molecule has 100 valence electrons. The van der Waals surface area contributed by atoms with Crippen molar-refractivity contribution in [3.8, 4) is 0 Å². The second kappa shape index (κ2) is 4.94. The van der Waals surface area contributed by atoms with Gasteiger partial charge in [-0.15, -0.1) is 11.3 Å². The first-order chi connectivity index (χ1) is 8.86. The Balaban J connectivity index is 2.14. The highest BCUT2D eigenvalue weighted by molar-refractivity contribution is 7.90. The molecule has 2 rings (SSSR count). The maximum atomic E-state index is 11.7. The van der Waals surface area contributed by atoms with E-state index in [-0.39, 0.29) is 10.7 Å². The van der Waals surface area contributed by atoms with E-state index in [0.717, 1.165) is 17.6 Å². The van der Waals surface area contributed by atoms with E-state index in [9.17, 15) is 13.2 Å². The standard InChI is InChI=1S/C10H10N4O3S2/c1-19(16,17)8-3-2-6(4-12-8)13-9(15)7-5-18-10(11)14-7/h2-5H,1H3,(H2,11,14)(H,13,15). The average Bonchev–Trinajstić information content (AvgIpc) is 2.75. The van der Waals surface area contributed by atoms with Crippen molar-refractivity contribution in [2.45, 2.75) is 5.03 Å². The van der Waals surface area contributed by atoms with Gasteiger partial charge in [0.15, 0.2) is 20.0 Å². The van der Waals surface area contributed by atoms with Gasteiger partial charge >= 0.3 is 0 Å². The number of aromatic nitrogens is 2. The molecule has 0 bridgehead atoms. The zero-order valence-corrected chi connectivity index (χ0v) is 11.5. The number of hydrogen-bond acceptors (Lipinski definition) is 7. The van der Waals surface area contributed by atoms with Crippen molar-refractivity contribution >= 4 is 37.9 Å². The molecule has 2 aromatic heterocycles. The summed E-state index contributed by atoms with van der Waals surface area (Å²) in [5.74, 6) is -0.429. The molecule has 9 heteroatoms. The van der Waals surface area contributed by atoms with Crippen LogP contribution in [0, 0.1) is 0 Å².